The lowest BCUT2D eigenvalue weighted by Crippen LogP contribution is -2.42. The second-order valence-corrected chi connectivity index (χ2v) is 8.82. The molecule has 2 N–H and O–H groups in total. The second kappa shape index (κ2) is 6.43. The summed E-state index contributed by atoms with van der Waals surface area (Å²) in [7, 11) is 0. The third-order valence-electron chi connectivity index (χ3n) is 4.32. The van der Waals surface area contributed by atoms with Crippen LogP contribution in [0.2, 0.25) is 5.02 Å². The van der Waals surface area contributed by atoms with E-state index in [4.69, 9.17) is 11.6 Å². The normalized spacial score (nSPS) is 25.7. The fraction of sp³-hybridized carbons (Fsp3) is 0.375. The molecule has 2 saturated heterocycles. The number of nitrogens with one attached hydrogen (secondary N) is 2. The van der Waals surface area contributed by atoms with Crippen molar-refractivity contribution in [1.82, 2.24) is 15.6 Å². The summed E-state index contributed by atoms with van der Waals surface area (Å²) in [4.78, 5) is 18.2. The van der Waals surface area contributed by atoms with Crippen molar-refractivity contribution in [2.24, 2.45) is 0 Å². The van der Waals surface area contributed by atoms with Gasteiger partial charge in [-0.05, 0) is 37.5 Å². The summed E-state index contributed by atoms with van der Waals surface area (Å²) in [5, 5.41) is 7.34. The summed E-state index contributed by atoms with van der Waals surface area (Å²) < 4.78 is 1.06. The first-order valence-electron chi connectivity index (χ1n) is 7.62. The number of carbonyl (C=O) groups is 1. The van der Waals surface area contributed by atoms with Gasteiger partial charge in [-0.15, -0.1) is 11.3 Å². The first-order valence-corrected chi connectivity index (χ1v) is 9.63. The summed E-state index contributed by atoms with van der Waals surface area (Å²) in [6.07, 6.45) is 6.85. The van der Waals surface area contributed by atoms with Crippen molar-refractivity contribution >= 4 is 40.6 Å². The number of thiophene rings is 1. The highest BCUT2D eigenvalue weighted by Crippen LogP contribution is 2.34. The van der Waals surface area contributed by atoms with Crippen LogP contribution in [0.4, 0.5) is 0 Å². The topological polar surface area (TPSA) is 54.0 Å². The van der Waals surface area contributed by atoms with Crippen LogP contribution in [0.25, 0.3) is 0 Å². The van der Waals surface area contributed by atoms with Crippen molar-refractivity contribution in [3.63, 3.8) is 0 Å². The first-order chi connectivity index (χ1) is 11.2. The van der Waals surface area contributed by atoms with Crippen molar-refractivity contribution in [3.05, 3.63) is 40.5 Å². The monoisotopic (exact) mass is 365 g/mol. The lowest BCUT2D eigenvalue weighted by Gasteiger charge is -2.20. The number of hydrogen-bond donors (Lipinski definition) is 2. The predicted octanol–water partition coefficient (Wildman–Crippen LogP) is 3.57. The quantitative estimate of drug-likeness (QED) is 0.869. The van der Waals surface area contributed by atoms with Gasteiger partial charge in [0.1, 0.15) is 0 Å². The van der Waals surface area contributed by atoms with E-state index in [0.29, 0.717) is 17.1 Å². The van der Waals surface area contributed by atoms with Gasteiger partial charge >= 0.3 is 0 Å². The SMILES string of the molecule is O=C(N[C@@H]1C[C@H]2CC[C@@H]1N2)c1ccc(Sc2cncc(Cl)c2)s1. The molecular weight excluding hydrogens is 350 g/mol. The molecule has 1 amide bonds. The molecule has 2 fully saturated rings. The number of pyridine rings is 1. The van der Waals surface area contributed by atoms with Crippen molar-refractivity contribution in [2.75, 3.05) is 0 Å². The zero-order chi connectivity index (χ0) is 15.8. The van der Waals surface area contributed by atoms with E-state index in [0.717, 1.165) is 20.4 Å². The maximum atomic E-state index is 12.4. The van der Waals surface area contributed by atoms with Crippen molar-refractivity contribution in [3.8, 4) is 0 Å². The zero-order valence-electron chi connectivity index (χ0n) is 12.3. The molecule has 2 aliphatic heterocycles. The van der Waals surface area contributed by atoms with E-state index in [2.05, 4.69) is 15.6 Å². The Morgan fingerprint density at radius 2 is 2.30 bits per heavy atom. The molecule has 2 aliphatic rings. The van der Waals surface area contributed by atoms with Gasteiger partial charge < -0.3 is 10.6 Å². The molecule has 2 bridgehead atoms. The van der Waals surface area contributed by atoms with Crippen LogP contribution >= 0.6 is 34.7 Å². The smallest absolute Gasteiger partial charge is 0.261 e. The van der Waals surface area contributed by atoms with Crippen molar-refractivity contribution in [1.29, 1.82) is 0 Å². The van der Waals surface area contributed by atoms with Gasteiger partial charge in [-0.25, -0.2) is 0 Å². The number of rotatable bonds is 4. The fourth-order valence-electron chi connectivity index (χ4n) is 3.28. The van der Waals surface area contributed by atoms with Gasteiger partial charge in [-0.3, -0.25) is 9.78 Å². The van der Waals surface area contributed by atoms with E-state index in [1.165, 1.54) is 24.2 Å². The van der Waals surface area contributed by atoms with E-state index in [1.54, 1.807) is 24.2 Å². The van der Waals surface area contributed by atoms with Gasteiger partial charge in [0.25, 0.3) is 5.91 Å². The van der Waals surface area contributed by atoms with Crippen LogP contribution in [0.1, 0.15) is 28.9 Å². The molecule has 0 spiro atoms. The van der Waals surface area contributed by atoms with Crippen LogP contribution in [-0.2, 0) is 0 Å². The number of fused-ring (bicyclic) bond motifs is 2. The van der Waals surface area contributed by atoms with Crippen LogP contribution < -0.4 is 10.6 Å². The summed E-state index contributed by atoms with van der Waals surface area (Å²) >= 11 is 9.03. The van der Waals surface area contributed by atoms with Gasteiger partial charge in [0.2, 0.25) is 0 Å². The highest BCUT2D eigenvalue weighted by atomic mass is 35.5. The number of aromatic nitrogens is 1. The summed E-state index contributed by atoms with van der Waals surface area (Å²) in [5.74, 6) is 0.0328. The Morgan fingerprint density at radius 3 is 3.04 bits per heavy atom. The lowest BCUT2D eigenvalue weighted by molar-refractivity contribution is 0.0935. The third kappa shape index (κ3) is 3.40. The van der Waals surface area contributed by atoms with E-state index in [-0.39, 0.29) is 11.9 Å². The number of hydrogen-bond acceptors (Lipinski definition) is 5. The molecule has 23 heavy (non-hydrogen) atoms. The number of amides is 1. The number of halogens is 1. The summed E-state index contributed by atoms with van der Waals surface area (Å²) in [6.45, 7) is 0. The Balaban J connectivity index is 1.40. The largest absolute Gasteiger partial charge is 0.347 e. The molecule has 4 nitrogen and oxygen atoms in total. The first kappa shape index (κ1) is 15.4. The van der Waals surface area contributed by atoms with E-state index >= 15 is 0 Å². The predicted molar refractivity (Wildman–Crippen MR) is 93.5 cm³/mol. The average Bonchev–Trinajstić information content (AvgIpc) is 3.23. The maximum Gasteiger partial charge on any atom is 0.261 e. The van der Waals surface area contributed by atoms with E-state index in [1.807, 2.05) is 18.2 Å². The van der Waals surface area contributed by atoms with Crippen molar-refractivity contribution < 1.29 is 4.79 Å². The molecule has 0 unspecified atom stereocenters. The summed E-state index contributed by atoms with van der Waals surface area (Å²) in [6, 6.07) is 7.06. The highest BCUT2D eigenvalue weighted by Gasteiger charge is 2.39. The van der Waals surface area contributed by atoms with Gasteiger partial charge in [-0.2, -0.15) is 0 Å². The molecule has 4 heterocycles. The molecule has 7 heteroatoms. The molecule has 2 aromatic rings. The molecule has 2 aromatic heterocycles. The minimum Gasteiger partial charge on any atom is -0.347 e. The Hall–Kier alpha value is -1.08. The van der Waals surface area contributed by atoms with Crippen LogP contribution in [0.5, 0.6) is 0 Å². The second-order valence-electron chi connectivity index (χ2n) is 5.92. The van der Waals surface area contributed by atoms with E-state index < -0.39 is 0 Å². The molecule has 0 aliphatic carbocycles. The van der Waals surface area contributed by atoms with Gasteiger partial charge in [0.05, 0.1) is 14.1 Å². The molecule has 3 atom stereocenters. The third-order valence-corrected chi connectivity index (χ3v) is 6.70. The molecule has 0 radical (unpaired) electrons. The molecule has 0 aromatic carbocycles. The Kier molecular flexibility index (Phi) is 4.32. The van der Waals surface area contributed by atoms with Crippen LogP contribution in [0.15, 0.2) is 39.7 Å². The van der Waals surface area contributed by atoms with Crippen LogP contribution in [0.3, 0.4) is 0 Å². The number of carbonyl (C=O) groups excluding carboxylic acids is 1. The van der Waals surface area contributed by atoms with Crippen molar-refractivity contribution in [2.45, 2.75) is 46.5 Å². The van der Waals surface area contributed by atoms with Crippen LogP contribution in [-0.4, -0.2) is 29.0 Å². The number of nitrogens with zero attached hydrogens (tertiary/aromatic N) is 1. The molecular formula is C16H16ClN3OS2. The minimum atomic E-state index is 0.0328. The molecule has 4 rings (SSSR count). The lowest BCUT2D eigenvalue weighted by atomic mass is 9.95. The standard InChI is InChI=1S/C16H16ClN3OS2/c17-9-5-11(8-18-7-9)22-15-4-3-14(23-15)16(21)20-13-6-10-1-2-12(13)19-10/h3-5,7-8,10,12-13,19H,1-2,6H2,(H,20,21)/t10-,12+,13-/m1/s1. The Bertz CT molecular complexity index is 736. The maximum absolute atomic E-state index is 12.4. The average molecular weight is 366 g/mol. The zero-order valence-corrected chi connectivity index (χ0v) is 14.7. The van der Waals surface area contributed by atoms with Gasteiger partial charge in [0, 0.05) is 35.4 Å². The molecule has 120 valence electrons. The summed E-state index contributed by atoms with van der Waals surface area (Å²) in [5.41, 5.74) is 0. The Morgan fingerprint density at radius 1 is 1.39 bits per heavy atom. The van der Waals surface area contributed by atoms with Crippen LogP contribution in [0, 0.1) is 0 Å². The van der Waals surface area contributed by atoms with Gasteiger partial charge in [0.15, 0.2) is 0 Å². The van der Waals surface area contributed by atoms with E-state index in [9.17, 15) is 4.79 Å². The molecule has 0 saturated carbocycles. The Labute approximate surface area is 148 Å². The fourth-order valence-corrected chi connectivity index (χ4v) is 5.56. The van der Waals surface area contributed by atoms with Gasteiger partial charge in [-0.1, -0.05) is 23.4 Å². The highest BCUT2D eigenvalue weighted by molar-refractivity contribution is 8.01. The minimum absolute atomic E-state index is 0.0328.